The highest BCUT2D eigenvalue weighted by atomic mass is 16.5. The summed E-state index contributed by atoms with van der Waals surface area (Å²) in [5, 5.41) is 18.6. The third-order valence-corrected chi connectivity index (χ3v) is 2.72. The van der Waals surface area contributed by atoms with Crippen molar-refractivity contribution in [2.24, 2.45) is 0 Å². The number of nitriles is 1. The van der Waals surface area contributed by atoms with Gasteiger partial charge in [0.05, 0.1) is 23.6 Å². The van der Waals surface area contributed by atoms with Gasteiger partial charge in [0.25, 0.3) is 0 Å². The highest BCUT2D eigenvalue weighted by Crippen LogP contribution is 2.25. The maximum Gasteiger partial charge on any atom is 0.145 e. The summed E-state index contributed by atoms with van der Waals surface area (Å²) in [6, 6.07) is 12.5. The minimum absolute atomic E-state index is 0.472. The zero-order chi connectivity index (χ0) is 13.7. The standard InChI is InChI=1S/C15H14N2O2/c1-2-14(18)13-8-7-12(10-17-13)19-15-6-4-3-5-11(15)9-16/h3-8,10,14,18H,2H2,1H3/t14-/m0/s1. The molecule has 1 heterocycles. The van der Waals surface area contributed by atoms with Gasteiger partial charge in [-0.15, -0.1) is 0 Å². The van der Waals surface area contributed by atoms with Crippen LogP contribution in [0.3, 0.4) is 0 Å². The average Bonchev–Trinajstić information content (AvgIpc) is 2.48. The molecule has 0 saturated carbocycles. The number of pyridine rings is 1. The molecule has 0 aliphatic carbocycles. The predicted octanol–water partition coefficient (Wildman–Crippen LogP) is 3.19. The third-order valence-electron chi connectivity index (χ3n) is 2.72. The first-order valence-corrected chi connectivity index (χ1v) is 6.05. The lowest BCUT2D eigenvalue weighted by Gasteiger charge is -2.09. The van der Waals surface area contributed by atoms with Crippen molar-refractivity contribution < 1.29 is 9.84 Å². The summed E-state index contributed by atoms with van der Waals surface area (Å²) in [5.74, 6) is 1.03. The first-order chi connectivity index (χ1) is 9.24. The number of aliphatic hydroxyl groups excluding tert-OH is 1. The zero-order valence-electron chi connectivity index (χ0n) is 10.6. The van der Waals surface area contributed by atoms with Crippen LogP contribution in [0.4, 0.5) is 0 Å². The lowest BCUT2D eigenvalue weighted by atomic mass is 10.2. The molecule has 1 N–H and O–H groups in total. The van der Waals surface area contributed by atoms with Crippen LogP contribution in [0.5, 0.6) is 11.5 Å². The second-order valence-electron chi connectivity index (χ2n) is 4.05. The first-order valence-electron chi connectivity index (χ1n) is 6.05. The molecule has 0 saturated heterocycles. The Kier molecular flexibility index (Phi) is 4.11. The quantitative estimate of drug-likeness (QED) is 0.909. The van der Waals surface area contributed by atoms with Gasteiger partial charge in [-0.3, -0.25) is 4.98 Å². The van der Waals surface area contributed by atoms with Crippen molar-refractivity contribution in [1.82, 2.24) is 4.98 Å². The normalized spacial score (nSPS) is 11.6. The molecule has 4 heteroatoms. The van der Waals surface area contributed by atoms with Crippen molar-refractivity contribution in [2.45, 2.75) is 19.4 Å². The minimum atomic E-state index is -0.555. The summed E-state index contributed by atoms with van der Waals surface area (Å²) in [4.78, 5) is 4.14. The minimum Gasteiger partial charge on any atom is -0.454 e. The molecule has 1 aromatic heterocycles. The van der Waals surface area contributed by atoms with E-state index in [9.17, 15) is 5.11 Å². The first kappa shape index (κ1) is 13.1. The molecule has 19 heavy (non-hydrogen) atoms. The van der Waals surface area contributed by atoms with Crippen molar-refractivity contribution >= 4 is 0 Å². The number of aromatic nitrogens is 1. The van der Waals surface area contributed by atoms with Crippen molar-refractivity contribution in [1.29, 1.82) is 5.26 Å². The molecule has 0 unspecified atom stereocenters. The fraction of sp³-hybridized carbons (Fsp3) is 0.200. The predicted molar refractivity (Wildman–Crippen MR) is 70.7 cm³/mol. The molecule has 0 aliphatic rings. The largest absolute Gasteiger partial charge is 0.454 e. The van der Waals surface area contributed by atoms with Gasteiger partial charge >= 0.3 is 0 Å². The van der Waals surface area contributed by atoms with E-state index >= 15 is 0 Å². The van der Waals surface area contributed by atoms with Gasteiger partial charge in [-0.05, 0) is 30.7 Å². The Morgan fingerprint density at radius 1 is 1.32 bits per heavy atom. The number of benzene rings is 1. The monoisotopic (exact) mass is 254 g/mol. The van der Waals surface area contributed by atoms with E-state index in [-0.39, 0.29) is 0 Å². The van der Waals surface area contributed by atoms with Crippen molar-refractivity contribution in [3.8, 4) is 17.6 Å². The lowest BCUT2D eigenvalue weighted by Crippen LogP contribution is -1.98. The maximum atomic E-state index is 9.65. The van der Waals surface area contributed by atoms with Crippen LogP contribution in [0.2, 0.25) is 0 Å². The number of ether oxygens (including phenoxy) is 1. The van der Waals surface area contributed by atoms with Gasteiger partial charge in [0.15, 0.2) is 0 Å². The summed E-state index contributed by atoms with van der Waals surface area (Å²) >= 11 is 0. The summed E-state index contributed by atoms with van der Waals surface area (Å²) in [7, 11) is 0. The number of hydrogen-bond acceptors (Lipinski definition) is 4. The second kappa shape index (κ2) is 5.98. The van der Waals surface area contributed by atoms with E-state index in [1.54, 1.807) is 42.6 Å². The Hall–Kier alpha value is -2.38. The molecule has 0 bridgehead atoms. The van der Waals surface area contributed by atoms with Crippen LogP contribution in [-0.2, 0) is 0 Å². The molecule has 2 aromatic rings. The van der Waals surface area contributed by atoms with E-state index in [0.717, 1.165) is 0 Å². The van der Waals surface area contributed by atoms with E-state index in [1.807, 2.05) is 6.92 Å². The van der Waals surface area contributed by atoms with Gasteiger partial charge in [0.1, 0.15) is 17.6 Å². The molecular weight excluding hydrogens is 240 g/mol. The molecule has 0 amide bonds. The van der Waals surface area contributed by atoms with Crippen LogP contribution in [0, 0.1) is 11.3 Å². The van der Waals surface area contributed by atoms with Crippen molar-refractivity contribution in [2.75, 3.05) is 0 Å². The molecule has 0 fully saturated rings. The van der Waals surface area contributed by atoms with Gasteiger partial charge in [-0.2, -0.15) is 5.26 Å². The molecule has 0 aliphatic heterocycles. The maximum absolute atomic E-state index is 9.65. The zero-order valence-corrected chi connectivity index (χ0v) is 10.6. The molecule has 96 valence electrons. The fourth-order valence-electron chi connectivity index (χ4n) is 1.63. The molecule has 0 spiro atoms. The Balaban J connectivity index is 2.18. The van der Waals surface area contributed by atoms with Gasteiger partial charge in [0, 0.05) is 0 Å². The molecular formula is C15H14N2O2. The van der Waals surface area contributed by atoms with E-state index in [2.05, 4.69) is 11.1 Å². The summed E-state index contributed by atoms with van der Waals surface area (Å²) in [6.45, 7) is 1.89. The molecule has 4 nitrogen and oxygen atoms in total. The smallest absolute Gasteiger partial charge is 0.145 e. The number of aliphatic hydroxyl groups is 1. The number of nitrogens with zero attached hydrogens (tertiary/aromatic N) is 2. The second-order valence-corrected chi connectivity index (χ2v) is 4.05. The highest BCUT2D eigenvalue weighted by molar-refractivity contribution is 5.44. The van der Waals surface area contributed by atoms with Crippen LogP contribution in [0.25, 0.3) is 0 Å². The number of hydrogen-bond donors (Lipinski definition) is 1. The summed E-state index contributed by atoms with van der Waals surface area (Å²) in [5.41, 5.74) is 1.09. The number of para-hydroxylation sites is 1. The van der Waals surface area contributed by atoms with E-state index in [1.165, 1.54) is 0 Å². The highest BCUT2D eigenvalue weighted by Gasteiger charge is 2.07. The summed E-state index contributed by atoms with van der Waals surface area (Å²) in [6.07, 6.45) is 1.60. The Morgan fingerprint density at radius 2 is 2.11 bits per heavy atom. The Labute approximate surface area is 111 Å². The molecule has 2 rings (SSSR count). The van der Waals surface area contributed by atoms with Crippen LogP contribution >= 0.6 is 0 Å². The SMILES string of the molecule is CC[C@H](O)c1ccc(Oc2ccccc2C#N)cn1. The third kappa shape index (κ3) is 3.09. The van der Waals surface area contributed by atoms with Gasteiger partial charge in [-0.1, -0.05) is 19.1 Å². The van der Waals surface area contributed by atoms with E-state index in [4.69, 9.17) is 10.00 Å². The molecule has 1 atom stereocenters. The van der Waals surface area contributed by atoms with Crippen LogP contribution in [-0.4, -0.2) is 10.1 Å². The summed E-state index contributed by atoms with van der Waals surface area (Å²) < 4.78 is 5.60. The van der Waals surface area contributed by atoms with Crippen LogP contribution in [0.1, 0.15) is 30.7 Å². The Morgan fingerprint density at radius 3 is 2.74 bits per heavy atom. The van der Waals surface area contributed by atoms with Crippen molar-refractivity contribution in [3.63, 3.8) is 0 Å². The van der Waals surface area contributed by atoms with Crippen LogP contribution < -0.4 is 4.74 Å². The van der Waals surface area contributed by atoms with Crippen LogP contribution in [0.15, 0.2) is 42.6 Å². The molecule has 0 radical (unpaired) electrons. The lowest BCUT2D eigenvalue weighted by molar-refractivity contribution is 0.169. The van der Waals surface area contributed by atoms with Gasteiger partial charge in [0.2, 0.25) is 0 Å². The van der Waals surface area contributed by atoms with E-state index in [0.29, 0.717) is 29.2 Å². The topological polar surface area (TPSA) is 66.1 Å². The fourth-order valence-corrected chi connectivity index (χ4v) is 1.63. The van der Waals surface area contributed by atoms with Crippen molar-refractivity contribution in [3.05, 3.63) is 53.9 Å². The van der Waals surface area contributed by atoms with Gasteiger partial charge in [-0.25, -0.2) is 0 Å². The average molecular weight is 254 g/mol. The van der Waals surface area contributed by atoms with E-state index < -0.39 is 6.10 Å². The molecule has 1 aromatic carbocycles. The number of rotatable bonds is 4. The Bertz CT molecular complexity index is 588. The van der Waals surface area contributed by atoms with Gasteiger partial charge < -0.3 is 9.84 Å².